The zero-order valence-electron chi connectivity index (χ0n) is 16.7. The van der Waals surface area contributed by atoms with Crippen LogP contribution in [0.4, 0.5) is 0 Å². The van der Waals surface area contributed by atoms with Gasteiger partial charge in [0.2, 0.25) is 0 Å². The minimum atomic E-state index is -4.10. The van der Waals surface area contributed by atoms with Gasteiger partial charge in [0, 0.05) is 0 Å². The van der Waals surface area contributed by atoms with Gasteiger partial charge in [-0.15, -0.1) is 0 Å². The molecule has 10 aliphatic rings. The molecule has 0 amide bonds. The van der Waals surface area contributed by atoms with Gasteiger partial charge in [-0.05, 0) is 0 Å². The molecule has 10 aliphatic heterocycles. The van der Waals surface area contributed by atoms with E-state index in [1.807, 2.05) is 0 Å². The quantitative estimate of drug-likeness (QED) is 0.376. The summed E-state index contributed by atoms with van der Waals surface area (Å²) in [5.41, 5.74) is 0. The summed E-state index contributed by atoms with van der Waals surface area (Å²) >= 11 is 0. The number of carbonyl (C=O) groups excluding carboxylic acids is 4. The standard InChI is InChI=1S/C17H21O6.C5H5.Fe/c1-22-16(20)10-4-8-14(18)12-6-3-7-13(12)15(19)9-5-11-17(21)23-2;1-2-4-5-3-1;/h3,6-7H,4-5,8-11H2,1-2H3;1-5H;. The number of methoxy groups -OCH3 is 2. The molecule has 0 aromatic carbocycles. The second-order valence-corrected chi connectivity index (χ2v) is 36.7. The third-order valence-electron chi connectivity index (χ3n) is 17.7. The van der Waals surface area contributed by atoms with Crippen LogP contribution < -0.4 is 0 Å². The van der Waals surface area contributed by atoms with Crippen molar-refractivity contribution in [2.45, 2.75) is 85.7 Å². The van der Waals surface area contributed by atoms with E-state index in [2.05, 4.69) is 0 Å². The van der Waals surface area contributed by atoms with Crippen LogP contribution >= 0.6 is 0 Å². The Bertz CT molecular complexity index is 1300. The second kappa shape index (κ2) is 1.79. The van der Waals surface area contributed by atoms with E-state index in [0.29, 0.717) is 59.7 Å². The molecule has 0 N–H and O–H groups in total. The van der Waals surface area contributed by atoms with Gasteiger partial charge < -0.3 is 0 Å². The molecule has 10 fully saturated rings. The van der Waals surface area contributed by atoms with Gasteiger partial charge in [0.05, 0.1) is 0 Å². The van der Waals surface area contributed by atoms with Gasteiger partial charge in [0.1, 0.15) is 0 Å². The first-order valence-electron chi connectivity index (χ1n) is 11.1. The SMILES string of the molecule is COC(=O)CCCC(=O)[C]12[CH]3[CH]4[CH]5[C]1(C(=O)CCCC(=O)OC)[Fe]43521678[CH]2[CH]1[CH]6[CH]7[CH]28. The van der Waals surface area contributed by atoms with Gasteiger partial charge in [-0.2, -0.15) is 0 Å². The van der Waals surface area contributed by atoms with Gasteiger partial charge in [0.25, 0.3) is 0 Å². The molecule has 29 heavy (non-hydrogen) atoms. The number of fused-ring (bicyclic) bond motifs is 10. The average Bonchev–Trinajstić information content (AvgIpc) is 3.66. The van der Waals surface area contributed by atoms with Crippen LogP contribution in [0, 0.1) is 0 Å². The number of hydrogen-bond acceptors (Lipinski definition) is 6. The molecule has 10 saturated heterocycles. The van der Waals surface area contributed by atoms with Crippen molar-refractivity contribution in [3.8, 4) is 0 Å². The normalized spacial score (nSPS) is 76.6. The molecule has 0 radical (unpaired) electrons. The zero-order chi connectivity index (χ0) is 19.9. The molecule has 158 valence electrons. The molecule has 4 unspecified atom stereocenters. The van der Waals surface area contributed by atoms with Gasteiger partial charge in [-0.1, -0.05) is 0 Å². The van der Waals surface area contributed by atoms with Gasteiger partial charge in [-0.3, -0.25) is 0 Å². The predicted molar refractivity (Wildman–Crippen MR) is 97.1 cm³/mol. The number of rotatable bonds is 10. The monoisotopic (exact) mass is 442 g/mol. The van der Waals surface area contributed by atoms with Crippen molar-refractivity contribution in [3.63, 3.8) is 0 Å². The summed E-state index contributed by atoms with van der Waals surface area (Å²) in [6.07, 6.45) is 2.63. The predicted octanol–water partition coefficient (Wildman–Crippen LogP) is 3.94. The molecule has 7 heteroatoms. The summed E-state index contributed by atoms with van der Waals surface area (Å²) < 4.78 is 9.16. The van der Waals surface area contributed by atoms with E-state index in [0.717, 1.165) is 28.9 Å². The summed E-state index contributed by atoms with van der Waals surface area (Å²) in [4.78, 5) is 57.4. The van der Waals surface area contributed by atoms with Crippen molar-refractivity contribution in [3.05, 3.63) is 0 Å². The molecule has 0 aromatic heterocycles. The molecular formula is C22H26FeO6. The first-order chi connectivity index (χ1) is 13.7. The fourth-order valence-corrected chi connectivity index (χ4v) is 95.5. The Morgan fingerprint density at radius 1 is 0.655 bits per heavy atom. The van der Waals surface area contributed by atoms with E-state index < -0.39 is 6.51 Å². The van der Waals surface area contributed by atoms with Crippen LogP contribution in [0.15, 0.2) is 0 Å². The van der Waals surface area contributed by atoms with E-state index in [-0.39, 0.29) is 20.6 Å². The molecule has 6 nitrogen and oxygen atoms in total. The summed E-state index contributed by atoms with van der Waals surface area (Å²) in [6, 6.07) is 0. The average molecular weight is 442 g/mol. The fourth-order valence-electron chi connectivity index (χ4n) is 19.5. The summed E-state index contributed by atoms with van der Waals surface area (Å²) in [5, 5.41) is 0. The number of hydrogen-bond donors (Lipinski definition) is 0. The molecule has 4 atom stereocenters. The van der Waals surface area contributed by atoms with Crippen molar-refractivity contribution in [2.24, 2.45) is 0 Å². The molecule has 10 rings (SSSR count). The van der Waals surface area contributed by atoms with Crippen LogP contribution in [0.2, 0.25) is 47.2 Å². The van der Waals surface area contributed by atoms with Crippen molar-refractivity contribution < 1.29 is 35.2 Å². The van der Waals surface area contributed by atoms with Crippen LogP contribution in [0.1, 0.15) is 38.5 Å². The maximum absolute atomic E-state index is 13.9. The Kier molecular flexibility index (Phi) is 0.911. The van der Waals surface area contributed by atoms with Gasteiger partial charge in [0.15, 0.2) is 0 Å². The summed E-state index contributed by atoms with van der Waals surface area (Å²) in [7, 11) is 2.77. The van der Waals surface area contributed by atoms with Crippen LogP contribution in [-0.2, 0) is 35.2 Å². The summed E-state index contributed by atoms with van der Waals surface area (Å²) in [6.45, 7) is -4.10. The van der Waals surface area contributed by atoms with Crippen molar-refractivity contribution in [1.29, 1.82) is 0 Å². The Labute approximate surface area is 158 Å². The topological polar surface area (TPSA) is 86.7 Å². The molecular weight excluding hydrogens is 416 g/mol. The van der Waals surface area contributed by atoms with Gasteiger partial charge >= 0.3 is 159 Å². The Balaban J connectivity index is 1.06. The van der Waals surface area contributed by atoms with Crippen molar-refractivity contribution in [1.82, 2.24) is 0 Å². The van der Waals surface area contributed by atoms with Crippen LogP contribution in [0.5, 0.6) is 0 Å². The maximum atomic E-state index is 13.9. The molecule has 0 aromatic rings. The molecule has 1 spiro atoms. The van der Waals surface area contributed by atoms with E-state index in [1.54, 1.807) is 0 Å². The Morgan fingerprint density at radius 2 is 1.03 bits per heavy atom. The molecule has 0 aliphatic carbocycles. The Morgan fingerprint density at radius 3 is 1.31 bits per heavy atom. The fraction of sp³-hybridized carbons (Fsp3) is 0.818. The Hall–Kier alpha value is -1.20. The van der Waals surface area contributed by atoms with Crippen LogP contribution in [-0.4, -0.2) is 37.7 Å². The number of esters is 2. The minimum absolute atomic E-state index is 0.162. The van der Waals surface area contributed by atoms with Crippen molar-refractivity contribution >= 4 is 23.5 Å². The third kappa shape index (κ3) is 0.256. The molecule has 10 heterocycles. The number of Topliss-reactive ketones (excluding diaryl/α,β-unsaturated/α-hetero) is 2. The van der Waals surface area contributed by atoms with Crippen LogP contribution in [0.3, 0.4) is 0 Å². The second-order valence-electron chi connectivity index (χ2n) is 13.5. The van der Waals surface area contributed by atoms with Crippen LogP contribution in [0.25, 0.3) is 0 Å². The van der Waals surface area contributed by atoms with E-state index in [4.69, 9.17) is 9.47 Å². The van der Waals surface area contributed by atoms with E-state index in [9.17, 15) is 19.2 Å². The third-order valence-corrected chi connectivity index (χ3v) is 60.5. The molecule has 0 bridgehead atoms. The summed E-state index contributed by atoms with van der Waals surface area (Å²) in [5.74, 6) is 0.279. The zero-order valence-corrected chi connectivity index (χ0v) is 17.8. The van der Waals surface area contributed by atoms with E-state index >= 15 is 0 Å². The number of ether oxygens (including phenoxy) is 2. The van der Waals surface area contributed by atoms with Gasteiger partial charge in [-0.25, -0.2) is 0 Å². The number of ketones is 2. The first-order valence-corrected chi connectivity index (χ1v) is 17.3. The van der Waals surface area contributed by atoms with E-state index in [1.165, 1.54) is 14.2 Å². The number of carbonyl (C=O) groups is 4. The molecule has 0 saturated carbocycles. The van der Waals surface area contributed by atoms with Crippen molar-refractivity contribution in [2.75, 3.05) is 14.2 Å². The first kappa shape index (κ1) is 14.7.